The maximum atomic E-state index is 12.6. The summed E-state index contributed by atoms with van der Waals surface area (Å²) in [6.45, 7) is 2.09. The number of aryl methyl sites for hydroxylation is 1. The third kappa shape index (κ3) is 2.56. The van der Waals surface area contributed by atoms with Crippen LogP contribution in [0.2, 0.25) is 0 Å². The monoisotopic (exact) mass is 207 g/mol. The molecule has 0 bridgehead atoms. The third-order valence-corrected chi connectivity index (χ3v) is 1.84. The second-order valence-corrected chi connectivity index (χ2v) is 3.13. The van der Waals surface area contributed by atoms with E-state index in [1.807, 2.05) is 6.92 Å². The summed E-state index contributed by atoms with van der Waals surface area (Å²) in [5, 5.41) is 0. The molecule has 3 nitrogen and oxygen atoms in total. The highest BCUT2D eigenvalue weighted by Gasteiger charge is 2.01. The number of oxazole rings is 1. The first-order chi connectivity index (χ1) is 7.24. The Bertz CT molecular complexity index is 436. The molecular formula is C11H10FNO2. The zero-order valence-electron chi connectivity index (χ0n) is 8.24. The quantitative estimate of drug-likeness (QED) is 0.776. The SMILES string of the molecule is Cc1coc(COc2ccc(F)cc2)n1. The molecule has 0 unspecified atom stereocenters. The van der Waals surface area contributed by atoms with E-state index in [4.69, 9.17) is 9.15 Å². The third-order valence-electron chi connectivity index (χ3n) is 1.84. The van der Waals surface area contributed by atoms with E-state index in [2.05, 4.69) is 4.98 Å². The van der Waals surface area contributed by atoms with E-state index in [1.165, 1.54) is 12.1 Å². The van der Waals surface area contributed by atoms with Crippen LogP contribution in [0.1, 0.15) is 11.6 Å². The lowest BCUT2D eigenvalue weighted by atomic mass is 10.3. The molecule has 0 spiro atoms. The summed E-state index contributed by atoms with van der Waals surface area (Å²) in [5.74, 6) is 0.818. The summed E-state index contributed by atoms with van der Waals surface area (Å²) < 4.78 is 23.0. The Balaban J connectivity index is 1.96. The molecule has 2 aromatic rings. The minimum Gasteiger partial charge on any atom is -0.484 e. The molecule has 0 radical (unpaired) electrons. The van der Waals surface area contributed by atoms with Crippen LogP contribution in [0, 0.1) is 12.7 Å². The van der Waals surface area contributed by atoms with Crippen molar-refractivity contribution in [2.45, 2.75) is 13.5 Å². The largest absolute Gasteiger partial charge is 0.484 e. The normalized spacial score (nSPS) is 10.3. The predicted molar refractivity (Wildman–Crippen MR) is 52.0 cm³/mol. The van der Waals surface area contributed by atoms with E-state index in [-0.39, 0.29) is 12.4 Å². The molecule has 78 valence electrons. The van der Waals surface area contributed by atoms with Gasteiger partial charge >= 0.3 is 0 Å². The van der Waals surface area contributed by atoms with Crippen molar-refractivity contribution in [1.29, 1.82) is 0 Å². The number of benzene rings is 1. The van der Waals surface area contributed by atoms with Gasteiger partial charge in [-0.3, -0.25) is 0 Å². The van der Waals surface area contributed by atoms with Crippen LogP contribution in [-0.2, 0) is 6.61 Å². The fraction of sp³-hybridized carbons (Fsp3) is 0.182. The van der Waals surface area contributed by atoms with Gasteiger partial charge in [0.15, 0.2) is 6.61 Å². The summed E-state index contributed by atoms with van der Waals surface area (Å²) in [5.41, 5.74) is 0.813. The number of rotatable bonds is 3. The van der Waals surface area contributed by atoms with Gasteiger partial charge in [0.1, 0.15) is 17.8 Å². The van der Waals surface area contributed by atoms with Crippen molar-refractivity contribution >= 4 is 0 Å². The van der Waals surface area contributed by atoms with Crippen molar-refractivity contribution < 1.29 is 13.5 Å². The van der Waals surface area contributed by atoms with Crippen LogP contribution in [-0.4, -0.2) is 4.98 Å². The Morgan fingerprint density at radius 3 is 2.67 bits per heavy atom. The van der Waals surface area contributed by atoms with E-state index in [0.29, 0.717) is 11.6 Å². The predicted octanol–water partition coefficient (Wildman–Crippen LogP) is 2.70. The molecule has 2 rings (SSSR count). The first-order valence-corrected chi connectivity index (χ1v) is 4.53. The summed E-state index contributed by atoms with van der Waals surface area (Å²) in [6.07, 6.45) is 1.56. The average Bonchev–Trinajstić information content (AvgIpc) is 2.64. The zero-order chi connectivity index (χ0) is 10.7. The van der Waals surface area contributed by atoms with Gasteiger partial charge in [0.2, 0.25) is 5.89 Å². The number of ether oxygens (including phenoxy) is 1. The number of nitrogens with zero attached hydrogens (tertiary/aromatic N) is 1. The number of aromatic nitrogens is 1. The minimum atomic E-state index is -0.283. The summed E-state index contributed by atoms with van der Waals surface area (Å²) in [7, 11) is 0. The molecule has 4 heteroatoms. The summed E-state index contributed by atoms with van der Waals surface area (Å²) >= 11 is 0. The van der Waals surface area contributed by atoms with Gasteiger partial charge in [-0.2, -0.15) is 0 Å². The molecule has 1 aromatic heterocycles. The van der Waals surface area contributed by atoms with E-state index in [1.54, 1.807) is 18.4 Å². The van der Waals surface area contributed by atoms with Crippen LogP contribution in [0.4, 0.5) is 4.39 Å². The van der Waals surface area contributed by atoms with Crippen molar-refractivity contribution in [3.05, 3.63) is 47.9 Å². The maximum Gasteiger partial charge on any atom is 0.232 e. The van der Waals surface area contributed by atoms with E-state index >= 15 is 0 Å². The molecule has 0 saturated heterocycles. The van der Waals surface area contributed by atoms with Gasteiger partial charge in [0.25, 0.3) is 0 Å². The Morgan fingerprint density at radius 2 is 2.07 bits per heavy atom. The second kappa shape index (κ2) is 4.13. The maximum absolute atomic E-state index is 12.6. The Labute approximate surface area is 86.5 Å². The van der Waals surface area contributed by atoms with Gasteiger partial charge in [0.05, 0.1) is 5.69 Å². The van der Waals surface area contributed by atoms with E-state index < -0.39 is 0 Å². The minimum absolute atomic E-state index is 0.249. The summed E-state index contributed by atoms with van der Waals surface area (Å²) in [6, 6.07) is 5.81. The van der Waals surface area contributed by atoms with E-state index in [0.717, 1.165) is 5.69 Å². The van der Waals surface area contributed by atoms with Crippen LogP contribution in [0.3, 0.4) is 0 Å². The lowest BCUT2D eigenvalue weighted by molar-refractivity contribution is 0.262. The second-order valence-electron chi connectivity index (χ2n) is 3.13. The van der Waals surface area contributed by atoms with Crippen LogP contribution >= 0.6 is 0 Å². The summed E-state index contributed by atoms with van der Waals surface area (Å²) in [4.78, 5) is 4.08. The van der Waals surface area contributed by atoms with Gasteiger partial charge in [-0.1, -0.05) is 0 Å². The van der Waals surface area contributed by atoms with Gasteiger partial charge < -0.3 is 9.15 Å². The molecule has 15 heavy (non-hydrogen) atoms. The van der Waals surface area contributed by atoms with Crippen molar-refractivity contribution in [1.82, 2.24) is 4.98 Å². The average molecular weight is 207 g/mol. The van der Waals surface area contributed by atoms with Gasteiger partial charge in [-0.25, -0.2) is 9.37 Å². The molecule has 0 aliphatic heterocycles. The highest BCUT2D eigenvalue weighted by molar-refractivity contribution is 5.22. The topological polar surface area (TPSA) is 35.3 Å². The van der Waals surface area contributed by atoms with Crippen molar-refractivity contribution in [2.24, 2.45) is 0 Å². The number of halogens is 1. The highest BCUT2D eigenvalue weighted by Crippen LogP contribution is 2.13. The highest BCUT2D eigenvalue weighted by atomic mass is 19.1. The fourth-order valence-electron chi connectivity index (χ4n) is 1.14. The first-order valence-electron chi connectivity index (χ1n) is 4.53. The van der Waals surface area contributed by atoms with Crippen molar-refractivity contribution in [3.63, 3.8) is 0 Å². The molecule has 1 aromatic carbocycles. The van der Waals surface area contributed by atoms with Crippen LogP contribution in [0.25, 0.3) is 0 Å². The van der Waals surface area contributed by atoms with E-state index in [9.17, 15) is 4.39 Å². The Morgan fingerprint density at radius 1 is 1.33 bits per heavy atom. The molecule has 0 atom stereocenters. The Kier molecular flexibility index (Phi) is 2.67. The standard InChI is InChI=1S/C11H10FNO2/c1-8-6-15-11(13-8)7-14-10-4-2-9(12)3-5-10/h2-6H,7H2,1H3. The first kappa shape index (κ1) is 9.71. The van der Waals surface area contributed by atoms with Gasteiger partial charge in [-0.05, 0) is 31.2 Å². The smallest absolute Gasteiger partial charge is 0.232 e. The lowest BCUT2D eigenvalue weighted by Gasteiger charge is -2.02. The lowest BCUT2D eigenvalue weighted by Crippen LogP contribution is -1.95. The molecule has 0 saturated carbocycles. The van der Waals surface area contributed by atoms with Crippen LogP contribution < -0.4 is 4.74 Å². The van der Waals surface area contributed by atoms with Gasteiger partial charge in [-0.15, -0.1) is 0 Å². The van der Waals surface area contributed by atoms with Crippen LogP contribution in [0.5, 0.6) is 5.75 Å². The number of hydrogen-bond donors (Lipinski definition) is 0. The number of hydrogen-bond acceptors (Lipinski definition) is 3. The molecule has 0 fully saturated rings. The molecule has 0 aliphatic rings. The van der Waals surface area contributed by atoms with Crippen molar-refractivity contribution in [2.75, 3.05) is 0 Å². The molecule has 1 heterocycles. The molecule has 0 aliphatic carbocycles. The Hall–Kier alpha value is -1.84. The molecule has 0 amide bonds. The molecule has 0 N–H and O–H groups in total. The van der Waals surface area contributed by atoms with Gasteiger partial charge in [0, 0.05) is 0 Å². The zero-order valence-corrected chi connectivity index (χ0v) is 8.24. The van der Waals surface area contributed by atoms with Crippen molar-refractivity contribution in [3.8, 4) is 5.75 Å². The fourth-order valence-corrected chi connectivity index (χ4v) is 1.14. The van der Waals surface area contributed by atoms with Crippen LogP contribution in [0.15, 0.2) is 34.9 Å². The molecular weight excluding hydrogens is 197 g/mol.